The number of hydrogen-bond acceptors (Lipinski definition) is 2. The Morgan fingerprint density at radius 2 is 1.04 bits per heavy atom. The van der Waals surface area contributed by atoms with Gasteiger partial charge in [0.1, 0.15) is 0 Å². The zero-order chi connectivity index (χ0) is 15.8. The van der Waals surface area contributed by atoms with Gasteiger partial charge < -0.3 is 16.7 Å². The smallest absolute Gasteiger partial charge is 1.00 e. The minimum absolute atomic E-state index is 0. The van der Waals surface area contributed by atoms with Gasteiger partial charge in [0.05, 0.1) is 6.61 Å². The Bertz CT molecular complexity index is 267. The molecule has 0 fully saturated rings. The summed E-state index contributed by atoms with van der Waals surface area (Å²) in [4.78, 5) is 17.0. The van der Waals surface area contributed by atoms with Crippen molar-refractivity contribution in [1.29, 1.82) is 0 Å². The van der Waals surface area contributed by atoms with Crippen LogP contribution in [-0.4, -0.2) is 21.9 Å². The van der Waals surface area contributed by atoms with Gasteiger partial charge in [-0.2, -0.15) is 0 Å². The van der Waals surface area contributed by atoms with Crippen molar-refractivity contribution in [2.75, 3.05) is 6.61 Å². The standard InChI is InChI=1S/C16H35O4P.Na.H2O.H/c1-2-3-4-5-6-7-8-9-10-11-12-13-14-15-16-20-21(17,18)19;;;/h2-16H2,1H3,(H2,17,18,19);;1H2;/q;+1;;-1. The molecule has 0 radical (unpaired) electrons. The van der Waals surface area contributed by atoms with Crippen LogP contribution in [0.15, 0.2) is 0 Å². The minimum Gasteiger partial charge on any atom is -1.00 e. The van der Waals surface area contributed by atoms with E-state index in [1.807, 2.05) is 0 Å². The van der Waals surface area contributed by atoms with Gasteiger partial charge in [0, 0.05) is 0 Å². The van der Waals surface area contributed by atoms with Crippen molar-refractivity contribution < 1.29 is 55.3 Å². The van der Waals surface area contributed by atoms with Gasteiger partial charge in [-0.1, -0.05) is 90.4 Å². The first kappa shape index (κ1) is 28.9. The SMILES string of the molecule is CCCCCCCCCCCCCCCCOP(=O)(O)O.O.[H-].[Na+]. The number of phosphoric ester groups is 1. The summed E-state index contributed by atoms with van der Waals surface area (Å²) < 4.78 is 14.8. The van der Waals surface area contributed by atoms with E-state index in [0.717, 1.165) is 19.3 Å². The summed E-state index contributed by atoms with van der Waals surface area (Å²) in [5.74, 6) is 0. The van der Waals surface area contributed by atoms with Crippen molar-refractivity contribution in [3.63, 3.8) is 0 Å². The number of phosphoric acid groups is 1. The van der Waals surface area contributed by atoms with Crippen LogP contribution in [0.25, 0.3) is 0 Å². The van der Waals surface area contributed by atoms with Crippen molar-refractivity contribution in [2.45, 2.75) is 96.8 Å². The molecule has 138 valence electrons. The van der Waals surface area contributed by atoms with Crippen LogP contribution in [-0.2, 0) is 9.09 Å². The van der Waals surface area contributed by atoms with E-state index in [1.165, 1.54) is 70.6 Å². The topological polar surface area (TPSA) is 98.3 Å². The first-order valence-corrected chi connectivity index (χ1v) is 10.3. The maximum atomic E-state index is 10.4. The zero-order valence-corrected chi connectivity index (χ0v) is 18.2. The summed E-state index contributed by atoms with van der Waals surface area (Å²) in [5.41, 5.74) is 0. The van der Waals surface area contributed by atoms with E-state index in [0.29, 0.717) is 0 Å². The van der Waals surface area contributed by atoms with E-state index >= 15 is 0 Å². The summed E-state index contributed by atoms with van der Waals surface area (Å²) in [6, 6.07) is 0. The monoisotopic (exact) mass is 364 g/mol. The second-order valence-electron chi connectivity index (χ2n) is 5.92. The van der Waals surface area contributed by atoms with Gasteiger partial charge in [0.25, 0.3) is 0 Å². The van der Waals surface area contributed by atoms with E-state index in [2.05, 4.69) is 11.4 Å². The Hall–Kier alpha value is 1.07. The third-order valence-corrected chi connectivity index (χ3v) is 4.28. The van der Waals surface area contributed by atoms with Gasteiger partial charge >= 0.3 is 37.4 Å². The maximum Gasteiger partial charge on any atom is 1.00 e. The molecule has 0 bridgehead atoms. The summed E-state index contributed by atoms with van der Waals surface area (Å²) >= 11 is 0. The second kappa shape index (κ2) is 21.1. The second-order valence-corrected chi connectivity index (χ2v) is 7.16. The van der Waals surface area contributed by atoms with Crippen molar-refractivity contribution in [1.82, 2.24) is 0 Å². The third kappa shape index (κ3) is 28.2. The van der Waals surface area contributed by atoms with Gasteiger partial charge in [-0.3, -0.25) is 4.52 Å². The van der Waals surface area contributed by atoms with Crippen LogP contribution < -0.4 is 29.6 Å². The van der Waals surface area contributed by atoms with Crippen LogP contribution in [0.2, 0.25) is 0 Å². The first-order chi connectivity index (χ1) is 10.1. The molecule has 0 aliphatic carbocycles. The number of unbranched alkanes of at least 4 members (excludes halogenated alkanes) is 13. The number of hydrogen-bond donors (Lipinski definition) is 2. The molecule has 0 atom stereocenters. The average molecular weight is 364 g/mol. The van der Waals surface area contributed by atoms with E-state index < -0.39 is 7.82 Å². The molecule has 0 aromatic rings. The fraction of sp³-hybridized carbons (Fsp3) is 1.00. The summed E-state index contributed by atoms with van der Waals surface area (Å²) in [7, 11) is -4.25. The Balaban J connectivity index is -0.000000667. The summed E-state index contributed by atoms with van der Waals surface area (Å²) in [5, 5.41) is 0. The van der Waals surface area contributed by atoms with Gasteiger partial charge in [-0.05, 0) is 6.42 Å². The third-order valence-electron chi connectivity index (χ3n) is 3.76. The van der Waals surface area contributed by atoms with Gasteiger partial charge in [-0.15, -0.1) is 0 Å². The molecule has 0 saturated heterocycles. The molecule has 0 heterocycles. The molecule has 7 heteroatoms. The Labute approximate surface area is 166 Å². The fourth-order valence-corrected chi connectivity index (χ4v) is 2.85. The van der Waals surface area contributed by atoms with E-state index in [4.69, 9.17) is 9.79 Å². The molecule has 23 heavy (non-hydrogen) atoms. The molecule has 0 aromatic heterocycles. The molecule has 4 N–H and O–H groups in total. The van der Waals surface area contributed by atoms with Gasteiger partial charge in [-0.25, -0.2) is 4.57 Å². The zero-order valence-electron chi connectivity index (χ0n) is 16.3. The molecule has 0 amide bonds. The quantitative estimate of drug-likeness (QED) is 0.248. The molecule has 0 saturated carbocycles. The Morgan fingerprint density at radius 3 is 1.35 bits per heavy atom. The predicted molar refractivity (Wildman–Crippen MR) is 93.0 cm³/mol. The van der Waals surface area contributed by atoms with Crippen LogP contribution in [0.3, 0.4) is 0 Å². The van der Waals surface area contributed by atoms with Crippen molar-refractivity contribution in [3.8, 4) is 0 Å². The molecule has 0 aromatic carbocycles. The Morgan fingerprint density at radius 1 is 0.739 bits per heavy atom. The molecule has 0 rings (SSSR count). The normalized spacial score (nSPS) is 10.9. The van der Waals surface area contributed by atoms with Crippen LogP contribution in [0, 0.1) is 0 Å². The largest absolute Gasteiger partial charge is 1.00 e. The fourth-order valence-electron chi connectivity index (χ4n) is 2.48. The van der Waals surface area contributed by atoms with Gasteiger partial charge in [0.2, 0.25) is 0 Å². The molecular formula is C16H38NaO5P. The molecule has 0 spiro atoms. The average Bonchev–Trinajstić information content (AvgIpc) is 2.42. The van der Waals surface area contributed by atoms with E-state index in [-0.39, 0.29) is 43.1 Å². The molecule has 5 nitrogen and oxygen atoms in total. The van der Waals surface area contributed by atoms with Gasteiger partial charge in [0.15, 0.2) is 0 Å². The molecular weight excluding hydrogens is 326 g/mol. The van der Waals surface area contributed by atoms with Crippen LogP contribution in [0.5, 0.6) is 0 Å². The van der Waals surface area contributed by atoms with Crippen molar-refractivity contribution >= 4 is 7.82 Å². The maximum absolute atomic E-state index is 10.4. The molecule has 0 aliphatic rings. The number of rotatable bonds is 16. The summed E-state index contributed by atoms with van der Waals surface area (Å²) in [6.45, 7) is 2.42. The van der Waals surface area contributed by atoms with Crippen LogP contribution in [0.1, 0.15) is 98.2 Å². The molecule has 0 aliphatic heterocycles. The minimum atomic E-state index is -4.25. The Kier molecular flexibility index (Phi) is 26.5. The molecule has 0 unspecified atom stereocenters. The van der Waals surface area contributed by atoms with E-state index in [1.54, 1.807) is 0 Å². The summed E-state index contributed by atoms with van der Waals surface area (Å²) in [6.07, 6.45) is 17.8. The van der Waals surface area contributed by atoms with E-state index in [9.17, 15) is 4.57 Å². The van der Waals surface area contributed by atoms with Crippen molar-refractivity contribution in [3.05, 3.63) is 0 Å². The predicted octanol–water partition coefficient (Wildman–Crippen LogP) is 1.87. The van der Waals surface area contributed by atoms with Crippen LogP contribution in [0.4, 0.5) is 0 Å². The van der Waals surface area contributed by atoms with Crippen molar-refractivity contribution in [2.24, 2.45) is 0 Å². The van der Waals surface area contributed by atoms with Crippen LogP contribution >= 0.6 is 7.82 Å². The first-order valence-electron chi connectivity index (χ1n) is 8.76.